The molecule has 0 bridgehead atoms. The number of amides is 2. The predicted octanol–water partition coefficient (Wildman–Crippen LogP) is 4.51. The van der Waals surface area contributed by atoms with Crippen LogP contribution in [0.1, 0.15) is 47.1 Å². The van der Waals surface area contributed by atoms with Crippen molar-refractivity contribution in [1.29, 1.82) is 0 Å². The summed E-state index contributed by atoms with van der Waals surface area (Å²) in [6, 6.07) is 7.42. The van der Waals surface area contributed by atoms with Gasteiger partial charge in [0, 0.05) is 7.05 Å². The van der Waals surface area contributed by atoms with Crippen LogP contribution >= 0.6 is 0 Å². The minimum Gasteiger partial charge on any atom is -0.497 e. The summed E-state index contributed by atoms with van der Waals surface area (Å²) in [4.78, 5) is 32.3. The van der Waals surface area contributed by atoms with E-state index in [0.29, 0.717) is 12.2 Å². The van der Waals surface area contributed by atoms with Crippen LogP contribution in [-0.2, 0) is 9.47 Å². The monoisotopic (exact) mass is 417 g/mol. The van der Waals surface area contributed by atoms with E-state index < -0.39 is 23.4 Å². The molecule has 0 aromatic heterocycles. The van der Waals surface area contributed by atoms with E-state index >= 15 is 0 Å². The van der Waals surface area contributed by atoms with Crippen LogP contribution in [0.5, 0.6) is 5.75 Å². The molecule has 0 spiro atoms. The molecular formula is C22H31N3O5. The third kappa shape index (κ3) is 6.50. The van der Waals surface area contributed by atoms with Crippen molar-refractivity contribution in [3.8, 4) is 5.75 Å². The van der Waals surface area contributed by atoms with Crippen molar-refractivity contribution >= 4 is 24.2 Å². The van der Waals surface area contributed by atoms with E-state index in [0.717, 1.165) is 11.3 Å². The summed E-state index contributed by atoms with van der Waals surface area (Å²) in [6.07, 6.45) is 0.454. The lowest BCUT2D eigenvalue weighted by atomic mass is 10.2. The highest BCUT2D eigenvalue weighted by atomic mass is 16.6. The number of hydrogen-bond donors (Lipinski definition) is 0. The number of guanidine groups is 1. The summed E-state index contributed by atoms with van der Waals surface area (Å²) >= 11 is 0. The molecule has 0 aliphatic carbocycles. The fraction of sp³-hybridized carbons (Fsp3) is 0.500. The molecule has 1 saturated heterocycles. The van der Waals surface area contributed by atoms with Crippen LogP contribution in [0.25, 0.3) is 6.08 Å². The van der Waals surface area contributed by atoms with Crippen LogP contribution in [0.2, 0.25) is 0 Å². The standard InChI is InChI=1S/C22H31N3O5/c1-21(2,3)29-19(26)23-18-24(7)14-16(25(18)20(27)30-22(4,5)6)13-15-9-11-17(28-8)12-10-15/h9-13H,14H2,1-8H3/b16-13-,23-18+. The Kier molecular flexibility index (Phi) is 6.80. The first kappa shape index (κ1) is 23.3. The first-order chi connectivity index (χ1) is 13.8. The number of methoxy groups -OCH3 is 1. The van der Waals surface area contributed by atoms with Gasteiger partial charge in [0.1, 0.15) is 17.0 Å². The molecule has 1 heterocycles. The Morgan fingerprint density at radius 2 is 1.57 bits per heavy atom. The number of hydrogen-bond acceptors (Lipinski definition) is 5. The van der Waals surface area contributed by atoms with E-state index in [1.165, 1.54) is 4.90 Å². The number of rotatable bonds is 2. The second-order valence-corrected chi connectivity index (χ2v) is 8.97. The van der Waals surface area contributed by atoms with Crippen LogP contribution in [0.15, 0.2) is 35.0 Å². The summed E-state index contributed by atoms with van der Waals surface area (Å²) in [5.41, 5.74) is 0.0858. The number of ether oxygens (including phenoxy) is 3. The van der Waals surface area contributed by atoms with E-state index in [-0.39, 0.29) is 5.96 Å². The van der Waals surface area contributed by atoms with Crippen LogP contribution in [-0.4, -0.2) is 59.9 Å². The molecule has 30 heavy (non-hydrogen) atoms. The quantitative estimate of drug-likeness (QED) is 0.704. The van der Waals surface area contributed by atoms with Crippen LogP contribution in [0, 0.1) is 0 Å². The largest absolute Gasteiger partial charge is 0.497 e. The van der Waals surface area contributed by atoms with E-state index in [9.17, 15) is 9.59 Å². The number of carbonyl (C=O) groups excluding carboxylic acids is 2. The van der Waals surface area contributed by atoms with E-state index in [4.69, 9.17) is 14.2 Å². The van der Waals surface area contributed by atoms with Gasteiger partial charge < -0.3 is 19.1 Å². The zero-order chi connectivity index (χ0) is 22.7. The molecule has 0 radical (unpaired) electrons. The zero-order valence-corrected chi connectivity index (χ0v) is 19.0. The highest BCUT2D eigenvalue weighted by molar-refractivity contribution is 6.03. The molecule has 1 aliphatic rings. The van der Waals surface area contributed by atoms with Gasteiger partial charge in [-0.1, -0.05) is 12.1 Å². The second kappa shape index (κ2) is 8.77. The van der Waals surface area contributed by atoms with Crippen LogP contribution in [0.4, 0.5) is 9.59 Å². The fourth-order valence-electron chi connectivity index (χ4n) is 2.69. The fourth-order valence-corrected chi connectivity index (χ4v) is 2.69. The van der Waals surface area contributed by atoms with Crippen molar-refractivity contribution in [3.05, 3.63) is 35.5 Å². The Bertz CT molecular complexity index is 845. The van der Waals surface area contributed by atoms with Gasteiger partial charge in [-0.25, -0.2) is 14.5 Å². The molecule has 164 valence electrons. The smallest absolute Gasteiger partial charge is 0.437 e. The van der Waals surface area contributed by atoms with Gasteiger partial charge in [0.25, 0.3) is 0 Å². The average Bonchev–Trinajstić information content (AvgIpc) is 2.87. The van der Waals surface area contributed by atoms with Gasteiger partial charge in [-0.3, -0.25) is 0 Å². The summed E-state index contributed by atoms with van der Waals surface area (Å²) in [6.45, 7) is 11.0. The lowest BCUT2D eigenvalue weighted by Crippen LogP contribution is -2.40. The summed E-state index contributed by atoms with van der Waals surface area (Å²) in [5.74, 6) is 0.884. The number of likely N-dealkylation sites (N-methyl/N-ethyl adjacent to an activating group) is 1. The Morgan fingerprint density at radius 3 is 2.07 bits per heavy atom. The molecule has 1 fully saturated rings. The third-order valence-corrected chi connectivity index (χ3v) is 3.84. The molecule has 8 heteroatoms. The van der Waals surface area contributed by atoms with E-state index in [1.807, 2.05) is 30.3 Å². The third-order valence-electron chi connectivity index (χ3n) is 3.84. The molecule has 0 unspecified atom stereocenters. The Hall–Kier alpha value is -3.03. The maximum atomic E-state index is 13.0. The highest BCUT2D eigenvalue weighted by Gasteiger charge is 2.37. The van der Waals surface area contributed by atoms with E-state index in [2.05, 4.69) is 4.99 Å². The van der Waals surface area contributed by atoms with Gasteiger partial charge in [-0.05, 0) is 65.3 Å². The van der Waals surface area contributed by atoms with Gasteiger partial charge >= 0.3 is 12.2 Å². The Labute approximate surface area is 178 Å². The van der Waals surface area contributed by atoms with Crippen molar-refractivity contribution in [2.24, 2.45) is 4.99 Å². The Morgan fingerprint density at radius 1 is 1.00 bits per heavy atom. The van der Waals surface area contributed by atoms with Crippen LogP contribution in [0.3, 0.4) is 0 Å². The normalized spacial score (nSPS) is 17.5. The molecule has 1 aliphatic heterocycles. The summed E-state index contributed by atoms with van der Waals surface area (Å²) < 4.78 is 16.0. The minimum absolute atomic E-state index is 0.151. The number of nitrogens with zero attached hydrogens (tertiary/aromatic N) is 3. The molecule has 0 atom stereocenters. The first-order valence-electron chi connectivity index (χ1n) is 9.69. The maximum Gasteiger partial charge on any atom is 0.437 e. The van der Waals surface area contributed by atoms with Crippen molar-refractivity contribution < 1.29 is 23.8 Å². The van der Waals surface area contributed by atoms with Gasteiger partial charge in [-0.2, -0.15) is 0 Å². The molecule has 2 rings (SSSR count). The average molecular weight is 418 g/mol. The molecule has 0 N–H and O–H groups in total. The highest BCUT2D eigenvalue weighted by Crippen LogP contribution is 2.25. The predicted molar refractivity (Wildman–Crippen MR) is 115 cm³/mol. The number of aliphatic imine (C=N–C) groups is 1. The van der Waals surface area contributed by atoms with Gasteiger partial charge in [-0.15, -0.1) is 4.99 Å². The van der Waals surface area contributed by atoms with Crippen molar-refractivity contribution in [1.82, 2.24) is 9.80 Å². The number of carbonyl (C=O) groups is 2. The minimum atomic E-state index is -0.774. The second-order valence-electron chi connectivity index (χ2n) is 8.97. The van der Waals surface area contributed by atoms with Crippen molar-refractivity contribution in [2.45, 2.75) is 52.7 Å². The summed E-state index contributed by atoms with van der Waals surface area (Å²) in [7, 11) is 3.35. The SMILES string of the molecule is COc1ccc(/C=C2/CN(C)/C(=N\C(=O)OC(C)(C)C)N2C(=O)OC(C)(C)C)cc1. The van der Waals surface area contributed by atoms with Crippen molar-refractivity contribution in [3.63, 3.8) is 0 Å². The lowest BCUT2D eigenvalue weighted by Gasteiger charge is -2.25. The van der Waals surface area contributed by atoms with Gasteiger partial charge in [0.2, 0.25) is 5.96 Å². The zero-order valence-electron chi connectivity index (χ0n) is 19.0. The maximum absolute atomic E-state index is 13.0. The summed E-state index contributed by atoms with van der Waals surface area (Å²) in [5, 5.41) is 0. The van der Waals surface area contributed by atoms with Gasteiger partial charge in [0.15, 0.2) is 0 Å². The molecule has 2 amide bonds. The topological polar surface area (TPSA) is 80.7 Å². The molecular weight excluding hydrogens is 386 g/mol. The Balaban J connectivity index is 2.44. The lowest BCUT2D eigenvalue weighted by molar-refractivity contribution is 0.0416. The molecule has 1 aromatic carbocycles. The molecule has 8 nitrogen and oxygen atoms in total. The van der Waals surface area contributed by atoms with Gasteiger partial charge in [0.05, 0.1) is 19.4 Å². The van der Waals surface area contributed by atoms with Crippen LogP contribution < -0.4 is 4.74 Å². The number of benzene rings is 1. The van der Waals surface area contributed by atoms with E-state index in [1.54, 1.807) is 60.6 Å². The first-order valence-corrected chi connectivity index (χ1v) is 9.69. The van der Waals surface area contributed by atoms with Crippen molar-refractivity contribution in [2.75, 3.05) is 20.7 Å². The molecule has 1 aromatic rings. The molecule has 0 saturated carbocycles.